The highest BCUT2D eigenvalue weighted by Gasteiger charge is 2.51. The Morgan fingerprint density at radius 1 is 0.410 bits per heavy atom. The number of hydrogen-bond donors (Lipinski definition) is 1. The first kappa shape index (κ1) is 21.3. The molecule has 1 aromatic heterocycles. The van der Waals surface area contributed by atoms with Crippen LogP contribution in [-0.2, 0) is 5.41 Å². The molecule has 0 radical (unpaired) electrons. The molecule has 182 valence electrons. The Bertz CT molecular complexity index is 2050. The summed E-state index contributed by atoms with van der Waals surface area (Å²) < 4.78 is 2.66. The van der Waals surface area contributed by atoms with Crippen molar-refractivity contribution in [3.05, 3.63) is 156 Å². The van der Waals surface area contributed by atoms with E-state index >= 15 is 0 Å². The van der Waals surface area contributed by atoms with Crippen molar-refractivity contribution in [1.82, 2.24) is 0 Å². The van der Waals surface area contributed by atoms with Crippen LogP contribution >= 0.6 is 11.3 Å². The lowest BCUT2D eigenvalue weighted by atomic mass is 9.70. The van der Waals surface area contributed by atoms with Crippen molar-refractivity contribution in [2.75, 3.05) is 5.32 Å². The largest absolute Gasteiger partial charge is 0.355 e. The smallest absolute Gasteiger partial charge is 0.0726 e. The Balaban J connectivity index is 1.26. The van der Waals surface area contributed by atoms with E-state index in [1.165, 1.54) is 64.7 Å². The van der Waals surface area contributed by atoms with Gasteiger partial charge in [0.2, 0.25) is 0 Å². The van der Waals surface area contributed by atoms with Crippen LogP contribution in [0, 0.1) is 0 Å². The molecule has 1 spiro atoms. The van der Waals surface area contributed by atoms with E-state index < -0.39 is 0 Å². The summed E-state index contributed by atoms with van der Waals surface area (Å²) >= 11 is 1.86. The van der Waals surface area contributed by atoms with Gasteiger partial charge in [-0.05, 0) is 80.9 Å². The fraction of sp³-hybridized carbons (Fsp3) is 0.0270. The molecule has 0 unspecified atom stereocenters. The van der Waals surface area contributed by atoms with Crippen LogP contribution < -0.4 is 5.32 Å². The van der Waals surface area contributed by atoms with Gasteiger partial charge in [0.15, 0.2) is 0 Å². The van der Waals surface area contributed by atoms with E-state index in [2.05, 4.69) is 139 Å². The fourth-order valence-electron chi connectivity index (χ4n) is 7.14. The molecule has 1 heterocycles. The Morgan fingerprint density at radius 3 is 1.62 bits per heavy atom. The standard InChI is InChI=1S/C37H23NS/c1-5-13-31-25(9-1)26-10-2-6-14-32(26)37(31)33-15-7-3-11-27(33)28-19-17-24(22-34(28)37)38-23-18-20-36-30(21-23)29-12-4-8-16-35(29)39-36/h1-22,38H. The van der Waals surface area contributed by atoms with E-state index in [1.807, 2.05) is 11.3 Å². The number of thiophene rings is 1. The van der Waals surface area contributed by atoms with E-state index in [0.29, 0.717) is 0 Å². The van der Waals surface area contributed by atoms with Crippen molar-refractivity contribution < 1.29 is 0 Å². The van der Waals surface area contributed by atoms with Crippen molar-refractivity contribution in [2.24, 2.45) is 0 Å². The third-order valence-electron chi connectivity index (χ3n) is 8.66. The molecule has 9 rings (SSSR count). The first-order valence-electron chi connectivity index (χ1n) is 13.4. The Labute approximate surface area is 231 Å². The minimum Gasteiger partial charge on any atom is -0.355 e. The lowest BCUT2D eigenvalue weighted by Crippen LogP contribution is -2.25. The Kier molecular flexibility index (Phi) is 4.20. The van der Waals surface area contributed by atoms with Gasteiger partial charge >= 0.3 is 0 Å². The maximum atomic E-state index is 3.77. The lowest BCUT2D eigenvalue weighted by molar-refractivity contribution is 0.794. The number of benzene rings is 6. The SMILES string of the molecule is c1ccc2c(c1)-c1ccccc1C21c2ccccc2-c2ccc(Nc3ccc4sc5ccccc5c4c3)cc21. The molecule has 1 N–H and O–H groups in total. The molecule has 0 atom stereocenters. The van der Waals surface area contributed by atoms with E-state index in [4.69, 9.17) is 0 Å². The molecular weight excluding hydrogens is 490 g/mol. The molecule has 6 aromatic carbocycles. The average Bonchev–Trinajstić information content (AvgIpc) is 3.61. The maximum absolute atomic E-state index is 3.77. The number of hydrogen-bond acceptors (Lipinski definition) is 2. The van der Waals surface area contributed by atoms with Gasteiger partial charge in [-0.25, -0.2) is 0 Å². The van der Waals surface area contributed by atoms with Crippen molar-refractivity contribution >= 4 is 42.9 Å². The van der Waals surface area contributed by atoms with Crippen LogP contribution in [0.5, 0.6) is 0 Å². The Hall–Kier alpha value is -4.66. The summed E-state index contributed by atoms with van der Waals surface area (Å²) in [5, 5.41) is 6.40. The molecular formula is C37H23NS. The second kappa shape index (κ2) is 7.69. The first-order chi connectivity index (χ1) is 19.3. The second-order valence-electron chi connectivity index (χ2n) is 10.6. The number of nitrogens with one attached hydrogen (secondary N) is 1. The summed E-state index contributed by atoms with van der Waals surface area (Å²) in [4.78, 5) is 0. The number of anilines is 2. The normalized spacial score (nSPS) is 13.8. The zero-order valence-corrected chi connectivity index (χ0v) is 21.9. The van der Waals surface area contributed by atoms with Crippen LogP contribution in [0.1, 0.15) is 22.3 Å². The lowest BCUT2D eigenvalue weighted by Gasteiger charge is -2.30. The fourth-order valence-corrected chi connectivity index (χ4v) is 8.23. The van der Waals surface area contributed by atoms with Crippen LogP contribution in [0.15, 0.2) is 133 Å². The highest BCUT2D eigenvalue weighted by molar-refractivity contribution is 7.25. The van der Waals surface area contributed by atoms with E-state index in [-0.39, 0.29) is 5.41 Å². The average molecular weight is 514 g/mol. The van der Waals surface area contributed by atoms with E-state index in [9.17, 15) is 0 Å². The van der Waals surface area contributed by atoms with Crippen molar-refractivity contribution in [3.63, 3.8) is 0 Å². The van der Waals surface area contributed by atoms with Gasteiger partial charge in [0.25, 0.3) is 0 Å². The molecule has 2 aliphatic rings. The van der Waals surface area contributed by atoms with Gasteiger partial charge in [-0.1, -0.05) is 97.1 Å². The number of rotatable bonds is 2. The van der Waals surface area contributed by atoms with Crippen molar-refractivity contribution in [1.29, 1.82) is 0 Å². The Morgan fingerprint density at radius 2 is 0.923 bits per heavy atom. The molecule has 1 nitrogen and oxygen atoms in total. The number of fused-ring (bicyclic) bond motifs is 13. The van der Waals surface area contributed by atoms with Gasteiger partial charge in [-0.2, -0.15) is 0 Å². The molecule has 0 bridgehead atoms. The van der Waals surface area contributed by atoms with Gasteiger partial charge in [0, 0.05) is 31.5 Å². The molecule has 7 aromatic rings. The summed E-state index contributed by atoms with van der Waals surface area (Å²) in [6.45, 7) is 0. The van der Waals surface area contributed by atoms with Gasteiger partial charge in [-0.15, -0.1) is 11.3 Å². The van der Waals surface area contributed by atoms with Crippen LogP contribution in [-0.4, -0.2) is 0 Å². The maximum Gasteiger partial charge on any atom is 0.0726 e. The zero-order valence-electron chi connectivity index (χ0n) is 21.1. The first-order valence-corrected chi connectivity index (χ1v) is 14.3. The highest BCUT2D eigenvalue weighted by atomic mass is 32.1. The van der Waals surface area contributed by atoms with Crippen molar-refractivity contribution in [3.8, 4) is 22.3 Å². The van der Waals surface area contributed by atoms with Crippen LogP contribution in [0.3, 0.4) is 0 Å². The molecule has 2 heteroatoms. The second-order valence-corrected chi connectivity index (χ2v) is 11.7. The van der Waals surface area contributed by atoms with Gasteiger partial charge in [0.05, 0.1) is 5.41 Å². The monoisotopic (exact) mass is 513 g/mol. The quantitative estimate of drug-likeness (QED) is 0.242. The highest BCUT2D eigenvalue weighted by Crippen LogP contribution is 2.62. The van der Waals surface area contributed by atoms with Gasteiger partial charge < -0.3 is 5.32 Å². The minimum atomic E-state index is -0.315. The molecule has 2 aliphatic carbocycles. The minimum absolute atomic E-state index is 0.315. The predicted molar refractivity (Wildman–Crippen MR) is 165 cm³/mol. The van der Waals surface area contributed by atoms with Crippen LogP contribution in [0.2, 0.25) is 0 Å². The van der Waals surface area contributed by atoms with Crippen LogP contribution in [0.4, 0.5) is 11.4 Å². The summed E-state index contributed by atoms with van der Waals surface area (Å²) in [5.74, 6) is 0. The molecule has 0 saturated heterocycles. The third kappa shape index (κ3) is 2.74. The van der Waals surface area contributed by atoms with Crippen LogP contribution in [0.25, 0.3) is 42.4 Å². The molecule has 0 aliphatic heterocycles. The molecule has 0 fully saturated rings. The summed E-state index contributed by atoms with van der Waals surface area (Å²) in [6.07, 6.45) is 0. The molecule has 0 amide bonds. The van der Waals surface area contributed by atoms with E-state index in [0.717, 1.165) is 11.4 Å². The van der Waals surface area contributed by atoms with Crippen molar-refractivity contribution in [2.45, 2.75) is 5.41 Å². The topological polar surface area (TPSA) is 12.0 Å². The van der Waals surface area contributed by atoms with E-state index in [1.54, 1.807) is 0 Å². The summed E-state index contributed by atoms with van der Waals surface area (Å²) in [7, 11) is 0. The predicted octanol–water partition coefficient (Wildman–Crippen LogP) is 10.1. The molecule has 0 saturated carbocycles. The summed E-state index contributed by atoms with van der Waals surface area (Å²) in [5.41, 5.74) is 12.7. The van der Waals surface area contributed by atoms with Gasteiger partial charge in [-0.3, -0.25) is 0 Å². The summed E-state index contributed by atoms with van der Waals surface area (Å²) in [6, 6.07) is 49.3. The third-order valence-corrected chi connectivity index (χ3v) is 9.81. The zero-order chi connectivity index (χ0) is 25.6. The van der Waals surface area contributed by atoms with Gasteiger partial charge in [0.1, 0.15) is 0 Å². The molecule has 39 heavy (non-hydrogen) atoms.